The Morgan fingerprint density at radius 3 is 2.70 bits per heavy atom. The van der Waals surface area contributed by atoms with Crippen molar-refractivity contribution >= 4 is 57.6 Å². The summed E-state index contributed by atoms with van der Waals surface area (Å²) < 4.78 is 31.5. The number of ether oxygens (including phenoxy) is 1. The number of nitrogens with zero attached hydrogens (tertiary/aromatic N) is 2. The fourth-order valence-corrected chi connectivity index (χ4v) is 7.27. The van der Waals surface area contributed by atoms with Crippen LogP contribution < -0.4 is 13.6 Å². The molecule has 1 atom stereocenters. The van der Waals surface area contributed by atoms with Gasteiger partial charge in [0.25, 0.3) is 0 Å². The van der Waals surface area contributed by atoms with Crippen LogP contribution in [-0.4, -0.2) is 47.0 Å². The summed E-state index contributed by atoms with van der Waals surface area (Å²) in [5.74, 6) is 0.583. The van der Waals surface area contributed by atoms with Crippen molar-refractivity contribution in [3.8, 4) is 5.75 Å². The fraction of sp³-hybridized carbons (Fsp3) is 0.286. The zero-order valence-electron chi connectivity index (χ0n) is 12.5. The van der Waals surface area contributed by atoms with E-state index in [-0.39, 0.29) is 15.9 Å². The molecule has 1 unspecified atom stereocenters. The first kappa shape index (κ1) is 18.5. The molecule has 0 saturated carbocycles. The summed E-state index contributed by atoms with van der Waals surface area (Å²) in [5.41, 5.74) is 0. The summed E-state index contributed by atoms with van der Waals surface area (Å²) >= 11 is 10.8. The Hall–Kier alpha value is -0.812. The molecule has 1 aromatic heterocycles. The zero-order chi connectivity index (χ0) is 17.0. The van der Waals surface area contributed by atoms with Crippen LogP contribution in [0.5, 0.6) is 5.75 Å². The molecule has 0 fully saturated rings. The first-order valence-electron chi connectivity index (χ1n) is 6.73. The Balaban J connectivity index is 2.52. The van der Waals surface area contributed by atoms with Gasteiger partial charge in [-0.3, -0.25) is 0 Å². The van der Waals surface area contributed by atoms with Crippen LogP contribution in [0, 0.1) is 0 Å². The third kappa shape index (κ3) is 4.60. The van der Waals surface area contributed by atoms with E-state index in [0.29, 0.717) is 21.7 Å². The van der Waals surface area contributed by atoms with Gasteiger partial charge >= 0.3 is 152 Å². The number of halogens is 2. The van der Waals surface area contributed by atoms with Gasteiger partial charge < -0.3 is 0 Å². The van der Waals surface area contributed by atoms with Crippen molar-refractivity contribution in [1.29, 1.82) is 0 Å². The van der Waals surface area contributed by atoms with Crippen molar-refractivity contribution in [2.45, 2.75) is 18.2 Å². The van der Waals surface area contributed by atoms with Gasteiger partial charge in [0, 0.05) is 0 Å². The Labute approximate surface area is 152 Å². The van der Waals surface area contributed by atoms with Crippen LogP contribution in [0.3, 0.4) is 0 Å². The van der Waals surface area contributed by atoms with Gasteiger partial charge in [0.15, 0.2) is 0 Å². The van der Waals surface area contributed by atoms with Gasteiger partial charge in [-0.2, -0.15) is 0 Å². The molecule has 1 aromatic carbocycles. The molecule has 0 amide bonds. The van der Waals surface area contributed by atoms with Crippen molar-refractivity contribution < 1.29 is 13.2 Å². The van der Waals surface area contributed by atoms with E-state index in [1.807, 2.05) is 6.92 Å². The normalized spacial score (nSPS) is 12.0. The second-order valence-electron chi connectivity index (χ2n) is 4.64. The minimum absolute atomic E-state index is 0.0809. The summed E-state index contributed by atoms with van der Waals surface area (Å²) in [6.45, 7) is 1.83. The molecule has 0 bridgehead atoms. The Kier molecular flexibility index (Phi) is 6.32. The van der Waals surface area contributed by atoms with E-state index in [1.54, 1.807) is 18.2 Å². The molecule has 1 heterocycles. The van der Waals surface area contributed by atoms with Gasteiger partial charge in [0.1, 0.15) is 0 Å². The molecule has 2 rings (SSSR count). The number of hydrogen-bond donors (Lipinski definition) is 0. The molecule has 0 radical (unpaired) electrons. The van der Waals surface area contributed by atoms with E-state index >= 15 is 0 Å². The van der Waals surface area contributed by atoms with E-state index in [4.69, 9.17) is 27.9 Å². The van der Waals surface area contributed by atoms with Crippen LogP contribution in [0.4, 0.5) is 0 Å². The van der Waals surface area contributed by atoms with Crippen molar-refractivity contribution in [3.63, 3.8) is 0 Å². The summed E-state index contributed by atoms with van der Waals surface area (Å²) in [4.78, 5) is 8.23. The number of rotatable bonds is 6. The molecule has 2 aromatic rings. The van der Waals surface area contributed by atoms with Gasteiger partial charge in [-0.25, -0.2) is 0 Å². The molecule has 0 aliphatic carbocycles. The van der Waals surface area contributed by atoms with Gasteiger partial charge in [-0.15, -0.1) is 0 Å². The Morgan fingerprint density at radius 1 is 1.30 bits per heavy atom. The number of benzene rings is 1. The molecule has 0 spiro atoms. The average Bonchev–Trinajstić information content (AvgIpc) is 2.51. The van der Waals surface area contributed by atoms with E-state index < -0.39 is 25.6 Å². The molecule has 124 valence electrons. The first-order valence-corrected chi connectivity index (χ1v) is 11.2. The van der Waals surface area contributed by atoms with Crippen molar-refractivity contribution in [1.82, 2.24) is 9.97 Å². The molecule has 0 aliphatic rings. The summed E-state index contributed by atoms with van der Waals surface area (Å²) in [7, 11) is -1.88. The molecule has 0 N–H and O–H groups in total. The number of aromatic nitrogens is 2. The van der Waals surface area contributed by atoms with Crippen molar-refractivity contribution in [2.24, 2.45) is 0 Å². The van der Waals surface area contributed by atoms with Crippen LogP contribution in [0.2, 0.25) is 10.3 Å². The summed E-state index contributed by atoms with van der Waals surface area (Å²) in [5, 5.41) is 0.490. The summed E-state index contributed by atoms with van der Waals surface area (Å²) in [6, 6.07) is 5.05. The van der Waals surface area contributed by atoms with Gasteiger partial charge in [0.05, 0.1) is 0 Å². The third-order valence-electron chi connectivity index (χ3n) is 2.96. The van der Waals surface area contributed by atoms with Gasteiger partial charge in [-0.1, -0.05) is 0 Å². The van der Waals surface area contributed by atoms with Crippen LogP contribution >= 0.6 is 23.2 Å². The maximum absolute atomic E-state index is 12.5. The van der Waals surface area contributed by atoms with Gasteiger partial charge in [-0.05, 0) is 0 Å². The molecule has 0 saturated heterocycles. The summed E-state index contributed by atoms with van der Waals surface area (Å²) in [6.07, 6.45) is 1.97. The predicted octanol–water partition coefficient (Wildman–Crippen LogP) is 1.36. The predicted molar refractivity (Wildman–Crippen MR) is 93.8 cm³/mol. The molecule has 0 aliphatic heterocycles. The molecule has 5 nitrogen and oxygen atoms in total. The third-order valence-corrected chi connectivity index (χ3v) is 8.87. The quantitative estimate of drug-likeness (QED) is 0.505. The Bertz CT molecular complexity index is 816. The second-order valence-corrected chi connectivity index (χ2v) is 10.1. The van der Waals surface area contributed by atoms with E-state index in [0.717, 1.165) is 4.35 Å². The second kappa shape index (κ2) is 7.84. The number of sulfone groups is 1. The average molecular weight is 437 g/mol. The number of hydrogen-bond acceptors (Lipinski definition) is 5. The number of methoxy groups -OCH3 is 1. The van der Waals surface area contributed by atoms with Crippen LogP contribution in [0.15, 0.2) is 29.3 Å². The molecule has 9 heteroatoms. The van der Waals surface area contributed by atoms with Crippen LogP contribution in [0.1, 0.15) is 13.3 Å². The van der Waals surface area contributed by atoms with Crippen molar-refractivity contribution in [2.75, 3.05) is 12.9 Å². The van der Waals surface area contributed by atoms with Crippen LogP contribution in [-0.2, 0) is 9.84 Å². The van der Waals surface area contributed by atoms with E-state index in [2.05, 4.69) is 9.97 Å². The Morgan fingerprint density at radius 2 is 2.04 bits per heavy atom. The topological polar surface area (TPSA) is 69.2 Å². The van der Waals surface area contributed by atoms with Gasteiger partial charge in [0.2, 0.25) is 0 Å². The molecular weight excluding hydrogens is 422 g/mol. The van der Waals surface area contributed by atoms with Crippen molar-refractivity contribution in [3.05, 3.63) is 34.7 Å². The molecular formula is C14H15AsCl2N2O3S. The van der Waals surface area contributed by atoms with E-state index in [9.17, 15) is 8.42 Å². The maximum atomic E-state index is 12.5. The fourth-order valence-electron chi connectivity index (χ4n) is 1.93. The first-order chi connectivity index (χ1) is 10.9. The van der Waals surface area contributed by atoms with Crippen LogP contribution in [0.25, 0.3) is 0 Å². The standard InChI is InChI=1S/C14H15AsCl2N2O3S/c1-3-6-23(20,21)12-7-9(22-2)4-5-10(12)15-13-11(16)8-18-14(17)19-13/h4-5,7-8,15H,3,6H2,1-2H3. The monoisotopic (exact) mass is 436 g/mol. The minimum atomic E-state index is -3.38. The SMILES string of the molecule is CCCS(=O)(=O)c1cc(OC)ccc1[AsH]c1nc(Cl)ncc1Cl. The zero-order valence-corrected chi connectivity index (χ0v) is 16.9. The van der Waals surface area contributed by atoms with E-state index in [1.165, 1.54) is 13.3 Å². The molecule has 23 heavy (non-hydrogen) atoms.